The highest BCUT2D eigenvalue weighted by Gasteiger charge is 2.10. The molecule has 0 atom stereocenters. The minimum Gasteiger partial charge on any atom is -0.447 e. The maximum atomic E-state index is 10.6. The Bertz CT molecular complexity index is 159. The third kappa shape index (κ3) is 4.07. The molecule has 1 aliphatic heterocycles. The molecular weight excluding hydrogens is 174 g/mol. The zero-order chi connectivity index (χ0) is 9.52. The number of hydrogen-bond donors (Lipinski definition) is 2. The van der Waals surface area contributed by atoms with Crippen LogP contribution in [0.15, 0.2) is 0 Å². The van der Waals surface area contributed by atoms with Gasteiger partial charge in [-0.2, -0.15) is 0 Å². The predicted octanol–water partition coefficient (Wildman–Crippen LogP) is -1.08. The van der Waals surface area contributed by atoms with E-state index in [1.165, 1.54) is 0 Å². The summed E-state index contributed by atoms with van der Waals surface area (Å²) >= 11 is 0. The Kier molecular flexibility index (Phi) is 4.52. The summed E-state index contributed by atoms with van der Waals surface area (Å²) in [5, 5.41) is 0. The van der Waals surface area contributed by atoms with Crippen molar-refractivity contribution in [2.75, 3.05) is 39.5 Å². The molecule has 0 bridgehead atoms. The molecule has 0 aliphatic carbocycles. The highest BCUT2D eigenvalue weighted by Crippen LogP contribution is 1.95. The standard InChI is InChI=1S/C7H15N3O3/c8-9-7(11)13-6-3-10-1-4-12-5-2-10/h1-6,8H2,(H,9,11). The number of ether oxygens (including phenoxy) is 2. The zero-order valence-corrected chi connectivity index (χ0v) is 7.49. The van der Waals surface area contributed by atoms with Gasteiger partial charge in [-0.15, -0.1) is 0 Å². The van der Waals surface area contributed by atoms with Gasteiger partial charge in [0.15, 0.2) is 0 Å². The Morgan fingerprint density at radius 3 is 2.85 bits per heavy atom. The summed E-state index contributed by atoms with van der Waals surface area (Å²) in [6.45, 7) is 4.40. The van der Waals surface area contributed by atoms with Crippen molar-refractivity contribution >= 4 is 6.09 Å². The molecule has 0 aromatic heterocycles. The van der Waals surface area contributed by atoms with E-state index in [2.05, 4.69) is 4.90 Å². The van der Waals surface area contributed by atoms with Crippen molar-refractivity contribution in [3.8, 4) is 0 Å². The van der Waals surface area contributed by atoms with Gasteiger partial charge in [0.05, 0.1) is 13.2 Å². The second-order valence-electron chi connectivity index (χ2n) is 2.73. The maximum Gasteiger partial charge on any atom is 0.421 e. The number of amides is 1. The first-order valence-electron chi connectivity index (χ1n) is 4.26. The SMILES string of the molecule is NNC(=O)OCCN1CCOCC1. The number of hydrazine groups is 1. The second kappa shape index (κ2) is 5.74. The second-order valence-corrected chi connectivity index (χ2v) is 2.73. The smallest absolute Gasteiger partial charge is 0.421 e. The number of morpholine rings is 1. The lowest BCUT2D eigenvalue weighted by Crippen LogP contribution is -2.39. The monoisotopic (exact) mass is 189 g/mol. The Morgan fingerprint density at radius 1 is 1.54 bits per heavy atom. The third-order valence-electron chi connectivity index (χ3n) is 1.86. The fourth-order valence-corrected chi connectivity index (χ4v) is 1.13. The average molecular weight is 189 g/mol. The Balaban J connectivity index is 2.01. The van der Waals surface area contributed by atoms with Crippen molar-refractivity contribution in [1.82, 2.24) is 10.3 Å². The van der Waals surface area contributed by atoms with Crippen LogP contribution in [0.2, 0.25) is 0 Å². The Hall–Kier alpha value is -0.850. The van der Waals surface area contributed by atoms with Crippen LogP contribution in [-0.2, 0) is 9.47 Å². The van der Waals surface area contributed by atoms with Crippen molar-refractivity contribution in [1.29, 1.82) is 0 Å². The van der Waals surface area contributed by atoms with E-state index >= 15 is 0 Å². The lowest BCUT2D eigenvalue weighted by atomic mass is 10.4. The number of nitrogens with zero attached hydrogens (tertiary/aromatic N) is 1. The first-order valence-corrected chi connectivity index (χ1v) is 4.26. The van der Waals surface area contributed by atoms with E-state index in [4.69, 9.17) is 15.3 Å². The fraction of sp³-hybridized carbons (Fsp3) is 0.857. The van der Waals surface area contributed by atoms with E-state index in [1.54, 1.807) is 0 Å². The first-order chi connectivity index (χ1) is 6.33. The molecule has 1 fully saturated rings. The fourth-order valence-electron chi connectivity index (χ4n) is 1.13. The van der Waals surface area contributed by atoms with Crippen molar-refractivity contribution in [3.63, 3.8) is 0 Å². The van der Waals surface area contributed by atoms with Gasteiger partial charge in [-0.3, -0.25) is 10.3 Å². The minimum atomic E-state index is -0.590. The lowest BCUT2D eigenvalue weighted by molar-refractivity contribution is 0.0281. The zero-order valence-electron chi connectivity index (χ0n) is 7.49. The average Bonchev–Trinajstić information content (AvgIpc) is 2.19. The molecule has 0 saturated carbocycles. The molecule has 0 aromatic carbocycles. The lowest BCUT2D eigenvalue weighted by Gasteiger charge is -2.25. The number of rotatable bonds is 3. The van der Waals surface area contributed by atoms with Gasteiger partial charge in [-0.1, -0.05) is 0 Å². The van der Waals surface area contributed by atoms with E-state index < -0.39 is 6.09 Å². The highest BCUT2D eigenvalue weighted by atomic mass is 16.6. The van der Waals surface area contributed by atoms with Crippen LogP contribution in [0, 0.1) is 0 Å². The number of nitrogens with one attached hydrogen (secondary N) is 1. The molecule has 13 heavy (non-hydrogen) atoms. The molecule has 0 spiro atoms. The van der Waals surface area contributed by atoms with Gasteiger partial charge < -0.3 is 9.47 Å². The van der Waals surface area contributed by atoms with Crippen molar-refractivity contribution in [2.45, 2.75) is 0 Å². The molecule has 1 aliphatic rings. The molecule has 1 amide bonds. The summed E-state index contributed by atoms with van der Waals surface area (Å²) in [5.74, 6) is 4.83. The van der Waals surface area contributed by atoms with E-state index in [0.717, 1.165) is 32.8 Å². The van der Waals surface area contributed by atoms with Crippen LogP contribution in [0.4, 0.5) is 4.79 Å². The topological polar surface area (TPSA) is 76.8 Å². The number of hydrogen-bond acceptors (Lipinski definition) is 5. The van der Waals surface area contributed by atoms with Crippen LogP contribution >= 0.6 is 0 Å². The van der Waals surface area contributed by atoms with E-state index in [9.17, 15) is 4.79 Å². The van der Waals surface area contributed by atoms with Crippen LogP contribution in [0.3, 0.4) is 0 Å². The van der Waals surface area contributed by atoms with E-state index in [1.807, 2.05) is 5.43 Å². The molecule has 0 aromatic rings. The maximum absolute atomic E-state index is 10.6. The summed E-state index contributed by atoms with van der Waals surface area (Å²) in [6, 6.07) is 0. The highest BCUT2D eigenvalue weighted by molar-refractivity contribution is 5.66. The van der Waals surface area contributed by atoms with Gasteiger partial charge in [-0.25, -0.2) is 10.6 Å². The molecule has 1 rings (SSSR count). The summed E-state index contributed by atoms with van der Waals surface area (Å²) in [7, 11) is 0. The van der Waals surface area contributed by atoms with Crippen molar-refractivity contribution < 1.29 is 14.3 Å². The van der Waals surface area contributed by atoms with E-state index in [0.29, 0.717) is 6.61 Å². The summed E-state index contributed by atoms with van der Waals surface area (Å²) in [4.78, 5) is 12.7. The molecule has 0 unspecified atom stereocenters. The molecular formula is C7H15N3O3. The molecule has 6 nitrogen and oxygen atoms in total. The van der Waals surface area contributed by atoms with Gasteiger partial charge in [0, 0.05) is 19.6 Å². The van der Waals surface area contributed by atoms with Crippen molar-refractivity contribution in [3.05, 3.63) is 0 Å². The number of carbonyl (C=O) groups excluding carboxylic acids is 1. The van der Waals surface area contributed by atoms with Gasteiger partial charge in [0.25, 0.3) is 0 Å². The normalized spacial score (nSPS) is 18.2. The summed E-state index contributed by atoms with van der Waals surface area (Å²) in [5.41, 5.74) is 1.90. The summed E-state index contributed by atoms with van der Waals surface area (Å²) < 4.78 is 9.90. The predicted molar refractivity (Wildman–Crippen MR) is 45.9 cm³/mol. The largest absolute Gasteiger partial charge is 0.447 e. The van der Waals surface area contributed by atoms with Crippen molar-refractivity contribution in [2.24, 2.45) is 5.84 Å². The van der Waals surface area contributed by atoms with Crippen LogP contribution in [0.25, 0.3) is 0 Å². The van der Waals surface area contributed by atoms with Gasteiger partial charge in [-0.05, 0) is 0 Å². The molecule has 1 saturated heterocycles. The van der Waals surface area contributed by atoms with Crippen LogP contribution in [0.5, 0.6) is 0 Å². The quantitative estimate of drug-likeness (QED) is 0.335. The number of carbonyl (C=O) groups is 1. The number of nitrogens with two attached hydrogens (primary N) is 1. The van der Waals surface area contributed by atoms with Crippen LogP contribution in [0.1, 0.15) is 0 Å². The Morgan fingerprint density at radius 2 is 2.23 bits per heavy atom. The van der Waals surface area contributed by atoms with Gasteiger partial charge in [0.2, 0.25) is 0 Å². The third-order valence-corrected chi connectivity index (χ3v) is 1.86. The molecule has 76 valence electrons. The summed E-state index contributed by atoms with van der Waals surface area (Å²) in [6.07, 6.45) is -0.590. The molecule has 1 heterocycles. The van der Waals surface area contributed by atoms with Gasteiger partial charge in [0.1, 0.15) is 6.61 Å². The molecule has 0 radical (unpaired) electrons. The van der Waals surface area contributed by atoms with E-state index in [-0.39, 0.29) is 0 Å². The van der Waals surface area contributed by atoms with Crippen LogP contribution < -0.4 is 11.3 Å². The Labute approximate surface area is 76.9 Å². The molecule has 6 heteroatoms. The minimum absolute atomic E-state index is 0.364. The first kappa shape index (κ1) is 10.2. The van der Waals surface area contributed by atoms with Crippen LogP contribution in [-0.4, -0.2) is 50.4 Å². The molecule has 3 N–H and O–H groups in total. The van der Waals surface area contributed by atoms with Gasteiger partial charge >= 0.3 is 6.09 Å².